The molecule has 0 bridgehead atoms. The third kappa shape index (κ3) is 4.09. The highest BCUT2D eigenvalue weighted by Crippen LogP contribution is 2.15. The van der Waals surface area contributed by atoms with Gasteiger partial charge in [-0.2, -0.15) is 0 Å². The van der Waals surface area contributed by atoms with E-state index in [1.807, 2.05) is 7.05 Å². The molecule has 0 aromatic rings. The molecule has 3 nitrogen and oxygen atoms in total. The predicted molar refractivity (Wildman–Crippen MR) is 64.2 cm³/mol. The number of hydrogen-bond acceptors (Lipinski definition) is 3. The molecule has 1 saturated heterocycles. The molecule has 0 aliphatic carbocycles. The molecule has 0 aromatic heterocycles. The highest BCUT2D eigenvalue weighted by atomic mass is 16.5. The van der Waals surface area contributed by atoms with Gasteiger partial charge >= 0.3 is 0 Å². The summed E-state index contributed by atoms with van der Waals surface area (Å²) in [4.78, 5) is 2.59. The fourth-order valence-electron chi connectivity index (χ4n) is 2.33. The number of nitrogens with zero attached hydrogens (tertiary/aromatic N) is 1. The lowest BCUT2D eigenvalue weighted by Gasteiger charge is -2.39. The Morgan fingerprint density at radius 2 is 2.27 bits per heavy atom. The van der Waals surface area contributed by atoms with Crippen molar-refractivity contribution in [1.29, 1.82) is 0 Å². The average Bonchev–Trinajstić information content (AvgIpc) is 2.18. The summed E-state index contributed by atoms with van der Waals surface area (Å²) in [5.41, 5.74) is 0. The van der Waals surface area contributed by atoms with Gasteiger partial charge in [-0.05, 0) is 32.9 Å². The lowest BCUT2D eigenvalue weighted by molar-refractivity contribution is -0.0597. The number of morpholine rings is 1. The van der Waals surface area contributed by atoms with E-state index in [-0.39, 0.29) is 0 Å². The Kier molecular flexibility index (Phi) is 5.58. The molecule has 0 aromatic carbocycles. The minimum absolute atomic E-state index is 0.398. The monoisotopic (exact) mass is 214 g/mol. The lowest BCUT2D eigenvalue weighted by Crippen LogP contribution is -2.50. The van der Waals surface area contributed by atoms with Crippen LogP contribution >= 0.6 is 0 Å². The second kappa shape index (κ2) is 6.46. The van der Waals surface area contributed by atoms with Gasteiger partial charge in [0.1, 0.15) is 0 Å². The third-order valence-corrected chi connectivity index (χ3v) is 3.15. The second-order valence-electron chi connectivity index (χ2n) is 4.82. The van der Waals surface area contributed by atoms with E-state index in [4.69, 9.17) is 4.74 Å². The van der Waals surface area contributed by atoms with Crippen molar-refractivity contribution in [3.05, 3.63) is 0 Å². The van der Waals surface area contributed by atoms with Crippen LogP contribution in [0.15, 0.2) is 0 Å². The maximum absolute atomic E-state index is 5.70. The Balaban J connectivity index is 2.40. The zero-order valence-electron chi connectivity index (χ0n) is 10.6. The predicted octanol–water partition coefficient (Wildman–Crippen LogP) is 1.34. The largest absolute Gasteiger partial charge is 0.376 e. The summed E-state index contributed by atoms with van der Waals surface area (Å²) in [7, 11) is 2.02. The Hall–Kier alpha value is -0.120. The highest BCUT2D eigenvalue weighted by molar-refractivity contribution is 4.79. The Labute approximate surface area is 94.2 Å². The number of nitrogens with one attached hydrogen (secondary N) is 1. The number of ether oxygens (including phenoxy) is 1. The molecule has 15 heavy (non-hydrogen) atoms. The Bertz CT molecular complexity index is 175. The van der Waals surface area contributed by atoms with E-state index in [1.54, 1.807) is 0 Å². The van der Waals surface area contributed by atoms with Crippen LogP contribution in [0.25, 0.3) is 0 Å². The van der Waals surface area contributed by atoms with Gasteiger partial charge in [0.15, 0.2) is 0 Å². The zero-order chi connectivity index (χ0) is 11.3. The Morgan fingerprint density at radius 3 is 2.87 bits per heavy atom. The summed E-state index contributed by atoms with van der Waals surface area (Å²) in [5.74, 6) is 0.717. The molecular formula is C12H26N2O. The normalized spacial score (nSPS) is 30.4. The first-order valence-electron chi connectivity index (χ1n) is 6.17. The second-order valence-corrected chi connectivity index (χ2v) is 4.82. The summed E-state index contributed by atoms with van der Waals surface area (Å²) in [6, 6.07) is 0.625. The summed E-state index contributed by atoms with van der Waals surface area (Å²) in [6.07, 6.45) is 1.59. The first-order valence-corrected chi connectivity index (χ1v) is 6.17. The van der Waals surface area contributed by atoms with E-state index in [0.717, 1.165) is 19.7 Å². The van der Waals surface area contributed by atoms with E-state index in [2.05, 4.69) is 31.0 Å². The number of rotatable bonds is 5. The maximum Gasteiger partial charge on any atom is 0.0674 e. The molecule has 0 spiro atoms. The molecule has 1 heterocycles. The minimum atomic E-state index is 0.398. The fourth-order valence-corrected chi connectivity index (χ4v) is 2.33. The standard InChI is InChI=1S/C12H26N2O/c1-5-12-9-15-11(3)8-14(12)7-10(2)6-13-4/h10-13H,5-9H2,1-4H3. The Morgan fingerprint density at radius 1 is 1.53 bits per heavy atom. The van der Waals surface area contributed by atoms with Gasteiger partial charge in [0.2, 0.25) is 0 Å². The smallest absolute Gasteiger partial charge is 0.0674 e. The topological polar surface area (TPSA) is 24.5 Å². The molecule has 0 radical (unpaired) electrons. The van der Waals surface area contributed by atoms with Crippen LogP contribution in [-0.2, 0) is 4.74 Å². The number of hydrogen-bond donors (Lipinski definition) is 1. The van der Waals surface area contributed by atoms with Crippen molar-refractivity contribution in [3.8, 4) is 0 Å². The van der Waals surface area contributed by atoms with Gasteiger partial charge < -0.3 is 10.1 Å². The van der Waals surface area contributed by atoms with Crippen LogP contribution in [0.1, 0.15) is 27.2 Å². The molecule has 3 unspecified atom stereocenters. The van der Waals surface area contributed by atoms with Gasteiger partial charge in [-0.15, -0.1) is 0 Å². The van der Waals surface area contributed by atoms with Gasteiger partial charge in [-0.1, -0.05) is 13.8 Å². The minimum Gasteiger partial charge on any atom is -0.376 e. The van der Waals surface area contributed by atoms with Crippen molar-refractivity contribution in [3.63, 3.8) is 0 Å². The van der Waals surface area contributed by atoms with Gasteiger partial charge in [0.25, 0.3) is 0 Å². The quantitative estimate of drug-likeness (QED) is 0.747. The molecule has 3 heteroatoms. The van der Waals surface area contributed by atoms with Crippen molar-refractivity contribution in [1.82, 2.24) is 10.2 Å². The average molecular weight is 214 g/mol. The molecule has 1 rings (SSSR count). The van der Waals surface area contributed by atoms with Gasteiger partial charge in [-0.25, -0.2) is 0 Å². The van der Waals surface area contributed by atoms with Gasteiger partial charge in [0, 0.05) is 19.1 Å². The van der Waals surface area contributed by atoms with Crippen LogP contribution in [-0.4, -0.2) is 50.3 Å². The molecule has 1 aliphatic rings. The maximum atomic E-state index is 5.70. The molecule has 90 valence electrons. The van der Waals surface area contributed by atoms with Gasteiger partial charge in [-0.3, -0.25) is 4.90 Å². The van der Waals surface area contributed by atoms with E-state index in [9.17, 15) is 0 Å². The van der Waals surface area contributed by atoms with E-state index in [1.165, 1.54) is 13.0 Å². The lowest BCUT2D eigenvalue weighted by atomic mass is 10.1. The van der Waals surface area contributed by atoms with Gasteiger partial charge in [0.05, 0.1) is 12.7 Å². The van der Waals surface area contributed by atoms with E-state index in [0.29, 0.717) is 18.1 Å². The summed E-state index contributed by atoms with van der Waals surface area (Å²) in [6.45, 7) is 11.0. The molecule has 1 N–H and O–H groups in total. The van der Waals surface area contributed by atoms with Crippen molar-refractivity contribution in [2.75, 3.05) is 33.3 Å². The fraction of sp³-hybridized carbons (Fsp3) is 1.00. The van der Waals surface area contributed by atoms with E-state index < -0.39 is 0 Å². The third-order valence-electron chi connectivity index (χ3n) is 3.15. The first kappa shape index (κ1) is 12.9. The molecular weight excluding hydrogens is 188 g/mol. The van der Waals surface area contributed by atoms with Crippen molar-refractivity contribution in [2.24, 2.45) is 5.92 Å². The van der Waals surface area contributed by atoms with Crippen LogP contribution < -0.4 is 5.32 Å². The zero-order valence-corrected chi connectivity index (χ0v) is 10.6. The summed E-state index contributed by atoms with van der Waals surface area (Å²) in [5, 5.41) is 3.24. The van der Waals surface area contributed by atoms with Crippen LogP contribution in [0.5, 0.6) is 0 Å². The van der Waals surface area contributed by atoms with Crippen LogP contribution in [0.2, 0.25) is 0 Å². The van der Waals surface area contributed by atoms with E-state index >= 15 is 0 Å². The highest BCUT2D eigenvalue weighted by Gasteiger charge is 2.26. The molecule has 1 aliphatic heterocycles. The molecule has 1 fully saturated rings. The SMILES string of the molecule is CCC1COC(C)CN1CC(C)CNC. The summed E-state index contributed by atoms with van der Waals surface area (Å²) >= 11 is 0. The van der Waals surface area contributed by atoms with Crippen molar-refractivity contribution in [2.45, 2.75) is 39.3 Å². The van der Waals surface area contributed by atoms with Crippen molar-refractivity contribution < 1.29 is 4.74 Å². The molecule has 3 atom stereocenters. The van der Waals surface area contributed by atoms with Crippen LogP contribution in [0, 0.1) is 5.92 Å². The van der Waals surface area contributed by atoms with Crippen LogP contribution in [0.3, 0.4) is 0 Å². The first-order chi connectivity index (χ1) is 7.17. The summed E-state index contributed by atoms with van der Waals surface area (Å²) < 4.78 is 5.70. The molecule has 0 saturated carbocycles. The van der Waals surface area contributed by atoms with Crippen LogP contribution in [0.4, 0.5) is 0 Å². The molecule has 0 amide bonds. The van der Waals surface area contributed by atoms with Crippen molar-refractivity contribution >= 4 is 0 Å².